The Bertz CT molecular complexity index is 339. The first-order chi connectivity index (χ1) is 8.10. The van der Waals surface area contributed by atoms with E-state index in [9.17, 15) is 4.79 Å². The summed E-state index contributed by atoms with van der Waals surface area (Å²) in [4.78, 5) is 10.4. The van der Waals surface area contributed by atoms with Crippen LogP contribution in [0.3, 0.4) is 0 Å². The van der Waals surface area contributed by atoms with Gasteiger partial charge < -0.3 is 4.74 Å². The van der Waals surface area contributed by atoms with Crippen LogP contribution < -0.4 is 0 Å². The van der Waals surface area contributed by atoms with Crippen molar-refractivity contribution in [2.24, 2.45) is 5.92 Å². The number of rotatable bonds is 4. The molecule has 0 radical (unpaired) electrons. The number of hydrogen-bond acceptors (Lipinski definition) is 2. The van der Waals surface area contributed by atoms with Crippen LogP contribution in [0.4, 0.5) is 0 Å². The summed E-state index contributed by atoms with van der Waals surface area (Å²) in [7, 11) is 0. The van der Waals surface area contributed by atoms with Crippen LogP contribution in [-0.4, -0.2) is 12.6 Å². The second-order valence-corrected chi connectivity index (χ2v) is 3.84. The molecular formula is C15H20O2. The summed E-state index contributed by atoms with van der Waals surface area (Å²) in [5.41, 5.74) is 1.17. The summed E-state index contributed by atoms with van der Waals surface area (Å²) in [5, 5.41) is 0. The Hall–Kier alpha value is -1.83. The molecule has 17 heavy (non-hydrogen) atoms. The van der Waals surface area contributed by atoms with Crippen LogP contribution in [-0.2, 0) is 9.53 Å². The van der Waals surface area contributed by atoms with Crippen molar-refractivity contribution >= 4 is 12.0 Å². The van der Waals surface area contributed by atoms with Crippen molar-refractivity contribution < 1.29 is 9.53 Å². The largest absolute Gasteiger partial charge is 0.462 e. The predicted molar refractivity (Wildman–Crippen MR) is 72.5 cm³/mol. The van der Waals surface area contributed by atoms with Gasteiger partial charge in [-0.15, -0.1) is 0 Å². The Balaban J connectivity index is 0.000000302. The van der Waals surface area contributed by atoms with E-state index in [2.05, 4.69) is 13.2 Å². The van der Waals surface area contributed by atoms with E-state index in [4.69, 9.17) is 4.74 Å². The summed E-state index contributed by atoms with van der Waals surface area (Å²) in [5.74, 6) is 0.0533. The highest BCUT2D eigenvalue weighted by atomic mass is 16.5. The molecule has 0 N–H and O–H groups in total. The van der Waals surface area contributed by atoms with Crippen molar-refractivity contribution in [3.8, 4) is 0 Å². The minimum Gasteiger partial charge on any atom is -0.462 e. The minimum atomic E-state index is -0.344. The highest BCUT2D eigenvalue weighted by molar-refractivity contribution is 5.81. The van der Waals surface area contributed by atoms with E-state index in [-0.39, 0.29) is 5.97 Å². The summed E-state index contributed by atoms with van der Waals surface area (Å²) < 4.78 is 4.70. The monoisotopic (exact) mass is 232 g/mol. The van der Waals surface area contributed by atoms with E-state index < -0.39 is 0 Å². The lowest BCUT2D eigenvalue weighted by Gasteiger charge is -2.02. The second-order valence-electron chi connectivity index (χ2n) is 3.84. The summed E-state index contributed by atoms with van der Waals surface area (Å²) in [6.07, 6.45) is 3.00. The van der Waals surface area contributed by atoms with Gasteiger partial charge in [0.05, 0.1) is 6.61 Å². The fourth-order valence-electron chi connectivity index (χ4n) is 0.897. The van der Waals surface area contributed by atoms with Crippen molar-refractivity contribution in [1.29, 1.82) is 0 Å². The molecule has 0 spiro atoms. The molecule has 0 aliphatic heterocycles. The molecule has 92 valence electrons. The Morgan fingerprint density at radius 3 is 2.24 bits per heavy atom. The van der Waals surface area contributed by atoms with Crippen LogP contribution in [0.15, 0.2) is 49.6 Å². The molecule has 0 saturated carbocycles. The Morgan fingerprint density at radius 1 is 1.29 bits per heavy atom. The highest BCUT2D eigenvalue weighted by Crippen LogP contribution is 1.97. The third-order valence-corrected chi connectivity index (χ3v) is 1.76. The van der Waals surface area contributed by atoms with Gasteiger partial charge in [0.25, 0.3) is 0 Å². The lowest BCUT2D eigenvalue weighted by atomic mass is 10.2. The zero-order valence-electron chi connectivity index (χ0n) is 10.6. The normalized spacial score (nSPS) is 8.88. The predicted octanol–water partition coefficient (Wildman–Crippen LogP) is 3.70. The zero-order valence-corrected chi connectivity index (χ0v) is 10.6. The first-order valence-electron chi connectivity index (χ1n) is 5.56. The van der Waals surface area contributed by atoms with Gasteiger partial charge in [-0.2, -0.15) is 0 Å². The fraction of sp³-hybridized carbons (Fsp3) is 0.267. The maximum Gasteiger partial charge on any atom is 0.330 e. The average Bonchev–Trinajstić information content (AvgIpc) is 2.37. The maximum atomic E-state index is 10.4. The second kappa shape index (κ2) is 9.40. The molecule has 0 fully saturated rings. The van der Waals surface area contributed by atoms with Gasteiger partial charge in [-0.3, -0.25) is 0 Å². The third-order valence-electron chi connectivity index (χ3n) is 1.76. The van der Waals surface area contributed by atoms with Gasteiger partial charge in [0.1, 0.15) is 0 Å². The van der Waals surface area contributed by atoms with Crippen molar-refractivity contribution in [1.82, 2.24) is 0 Å². The number of carbonyl (C=O) groups excluding carboxylic acids is 1. The smallest absolute Gasteiger partial charge is 0.330 e. The quantitative estimate of drug-likeness (QED) is 0.584. The number of benzene rings is 1. The van der Waals surface area contributed by atoms with E-state index in [1.165, 1.54) is 11.6 Å². The topological polar surface area (TPSA) is 26.3 Å². The molecule has 0 atom stereocenters. The van der Waals surface area contributed by atoms with Crippen LogP contribution in [0.1, 0.15) is 19.4 Å². The fourth-order valence-corrected chi connectivity index (χ4v) is 0.897. The summed E-state index contributed by atoms with van der Waals surface area (Å²) in [6.45, 7) is 11.3. The number of carbonyl (C=O) groups is 1. The summed E-state index contributed by atoms with van der Waals surface area (Å²) in [6, 6.07) is 10.0. The molecule has 2 heteroatoms. The Morgan fingerprint density at radius 2 is 1.88 bits per heavy atom. The van der Waals surface area contributed by atoms with Gasteiger partial charge in [0.15, 0.2) is 0 Å². The molecule has 0 aromatic heterocycles. The van der Waals surface area contributed by atoms with E-state index in [0.717, 1.165) is 0 Å². The maximum absolute atomic E-state index is 10.4. The van der Waals surface area contributed by atoms with Crippen molar-refractivity contribution in [3.63, 3.8) is 0 Å². The highest BCUT2D eigenvalue weighted by Gasteiger charge is 1.96. The lowest BCUT2D eigenvalue weighted by molar-refractivity contribution is -0.138. The van der Waals surface area contributed by atoms with Gasteiger partial charge in [-0.05, 0) is 11.5 Å². The molecule has 0 bridgehead atoms. The van der Waals surface area contributed by atoms with E-state index in [0.29, 0.717) is 12.5 Å². The van der Waals surface area contributed by atoms with Gasteiger partial charge >= 0.3 is 5.97 Å². The van der Waals surface area contributed by atoms with Crippen molar-refractivity contribution in [2.75, 3.05) is 6.61 Å². The van der Waals surface area contributed by atoms with Crippen LogP contribution in [0, 0.1) is 5.92 Å². The van der Waals surface area contributed by atoms with Gasteiger partial charge in [0.2, 0.25) is 0 Å². The SMILES string of the molecule is C=CC(=O)OCC(C)C.C=Cc1ccccc1. The molecule has 1 rings (SSSR count). The van der Waals surface area contributed by atoms with E-state index >= 15 is 0 Å². The van der Waals surface area contributed by atoms with Crippen LogP contribution in [0.2, 0.25) is 0 Å². The van der Waals surface area contributed by atoms with Gasteiger partial charge in [-0.25, -0.2) is 4.79 Å². The standard InChI is InChI=1S/C8H8.C7H12O2/c1-2-8-6-4-3-5-7-8;1-4-7(8)9-5-6(2)3/h2-7H,1H2;4,6H,1,5H2,2-3H3. The average molecular weight is 232 g/mol. The van der Waals surface area contributed by atoms with Crippen LogP contribution in [0.5, 0.6) is 0 Å². The third kappa shape index (κ3) is 9.12. The first kappa shape index (κ1) is 15.2. The summed E-state index contributed by atoms with van der Waals surface area (Å²) >= 11 is 0. The molecule has 0 unspecified atom stereocenters. The molecular weight excluding hydrogens is 212 g/mol. The van der Waals surface area contributed by atoms with Gasteiger partial charge in [0, 0.05) is 6.08 Å². The van der Waals surface area contributed by atoms with Crippen LogP contribution in [0.25, 0.3) is 6.08 Å². The first-order valence-corrected chi connectivity index (χ1v) is 5.56. The number of hydrogen-bond donors (Lipinski definition) is 0. The number of ether oxygens (including phenoxy) is 1. The molecule has 0 amide bonds. The Labute approximate surface area is 104 Å². The minimum absolute atomic E-state index is 0.344. The molecule has 1 aromatic carbocycles. The van der Waals surface area contributed by atoms with Gasteiger partial charge in [-0.1, -0.05) is 63.4 Å². The lowest BCUT2D eigenvalue weighted by Crippen LogP contribution is -2.06. The molecule has 0 aliphatic carbocycles. The van der Waals surface area contributed by atoms with Crippen LogP contribution >= 0.6 is 0 Å². The molecule has 0 heterocycles. The molecule has 0 aliphatic rings. The molecule has 2 nitrogen and oxygen atoms in total. The molecule has 0 saturated heterocycles. The van der Waals surface area contributed by atoms with Crippen molar-refractivity contribution in [3.05, 3.63) is 55.1 Å². The van der Waals surface area contributed by atoms with E-state index in [1.807, 2.05) is 50.3 Å². The Kier molecular flexibility index (Phi) is 8.39. The zero-order chi connectivity index (χ0) is 13.1. The number of esters is 1. The molecule has 1 aromatic rings. The van der Waals surface area contributed by atoms with Crippen molar-refractivity contribution in [2.45, 2.75) is 13.8 Å². The van der Waals surface area contributed by atoms with E-state index in [1.54, 1.807) is 0 Å².